The second kappa shape index (κ2) is 4.40. The van der Waals surface area contributed by atoms with Crippen molar-refractivity contribution in [3.8, 4) is 0 Å². The van der Waals surface area contributed by atoms with Gasteiger partial charge >= 0.3 is 0 Å². The van der Waals surface area contributed by atoms with Crippen LogP contribution >= 0.6 is 0 Å². The van der Waals surface area contributed by atoms with E-state index in [9.17, 15) is 0 Å². The summed E-state index contributed by atoms with van der Waals surface area (Å²) in [5.41, 5.74) is 0. The van der Waals surface area contributed by atoms with E-state index in [1.807, 2.05) is 0 Å². The predicted octanol–water partition coefficient (Wildman–Crippen LogP) is 2.20. The molecule has 15 heavy (non-hydrogen) atoms. The summed E-state index contributed by atoms with van der Waals surface area (Å²) >= 11 is 0. The number of methoxy groups -OCH3 is 1. The number of rotatable bonds is 2. The first-order chi connectivity index (χ1) is 7.23. The molecule has 1 saturated carbocycles. The molecule has 1 heterocycles. The molecule has 3 unspecified atom stereocenters. The van der Waals surface area contributed by atoms with Gasteiger partial charge in [-0.1, -0.05) is 13.8 Å². The Bertz CT molecular complexity index is 211. The second-order valence-electron chi connectivity index (χ2n) is 4.75. The third-order valence-electron chi connectivity index (χ3n) is 3.98. The van der Waals surface area contributed by atoms with E-state index < -0.39 is 0 Å². The van der Waals surface area contributed by atoms with Crippen LogP contribution in [0.25, 0.3) is 0 Å². The van der Waals surface area contributed by atoms with Crippen LogP contribution in [0.5, 0.6) is 0 Å². The first kappa shape index (κ1) is 11.4. The summed E-state index contributed by atoms with van der Waals surface area (Å²) < 4.78 is 17.3. The molecule has 3 heteroatoms. The van der Waals surface area contributed by atoms with E-state index in [1.54, 1.807) is 7.11 Å². The molecule has 0 aromatic carbocycles. The molecular formula is C12H22O3. The lowest BCUT2D eigenvalue weighted by atomic mass is 9.74. The van der Waals surface area contributed by atoms with E-state index in [2.05, 4.69) is 13.8 Å². The highest BCUT2D eigenvalue weighted by Crippen LogP contribution is 2.46. The van der Waals surface area contributed by atoms with Gasteiger partial charge in [-0.25, -0.2) is 0 Å². The van der Waals surface area contributed by atoms with Crippen molar-refractivity contribution in [3.05, 3.63) is 0 Å². The maximum absolute atomic E-state index is 5.91. The third-order valence-corrected chi connectivity index (χ3v) is 3.98. The summed E-state index contributed by atoms with van der Waals surface area (Å²) in [5.74, 6) is 0.612. The van der Waals surface area contributed by atoms with Crippen LogP contribution in [-0.4, -0.2) is 32.2 Å². The zero-order chi connectivity index (χ0) is 10.9. The zero-order valence-corrected chi connectivity index (χ0v) is 9.99. The normalized spacial score (nSPS) is 39.8. The summed E-state index contributed by atoms with van der Waals surface area (Å²) in [6, 6.07) is 0. The maximum Gasteiger partial charge on any atom is 0.173 e. The molecule has 1 aliphatic heterocycles. The highest BCUT2D eigenvalue weighted by Gasteiger charge is 2.52. The van der Waals surface area contributed by atoms with Gasteiger partial charge in [0.1, 0.15) is 0 Å². The van der Waals surface area contributed by atoms with Crippen molar-refractivity contribution in [2.75, 3.05) is 20.3 Å². The Morgan fingerprint density at radius 1 is 1.27 bits per heavy atom. The molecule has 1 spiro atoms. The van der Waals surface area contributed by atoms with Crippen molar-refractivity contribution in [3.63, 3.8) is 0 Å². The quantitative estimate of drug-likeness (QED) is 0.705. The van der Waals surface area contributed by atoms with Gasteiger partial charge in [-0.05, 0) is 19.3 Å². The van der Waals surface area contributed by atoms with E-state index in [0.717, 1.165) is 32.5 Å². The number of hydrogen-bond acceptors (Lipinski definition) is 3. The van der Waals surface area contributed by atoms with Crippen molar-refractivity contribution < 1.29 is 14.2 Å². The summed E-state index contributed by atoms with van der Waals surface area (Å²) in [5, 5.41) is 0. The Balaban J connectivity index is 2.14. The van der Waals surface area contributed by atoms with Gasteiger partial charge in [-0.15, -0.1) is 0 Å². The molecule has 2 rings (SSSR count). The van der Waals surface area contributed by atoms with E-state index in [4.69, 9.17) is 14.2 Å². The minimum atomic E-state index is -0.302. The van der Waals surface area contributed by atoms with Gasteiger partial charge in [0.05, 0.1) is 19.3 Å². The largest absolute Gasteiger partial charge is 0.381 e. The Kier molecular flexibility index (Phi) is 3.33. The van der Waals surface area contributed by atoms with Crippen molar-refractivity contribution in [2.24, 2.45) is 11.8 Å². The fraction of sp³-hybridized carbons (Fsp3) is 1.00. The molecule has 0 amide bonds. The van der Waals surface area contributed by atoms with Crippen LogP contribution in [0.1, 0.15) is 33.1 Å². The van der Waals surface area contributed by atoms with Crippen molar-refractivity contribution in [1.29, 1.82) is 0 Å². The van der Waals surface area contributed by atoms with Crippen LogP contribution < -0.4 is 0 Å². The van der Waals surface area contributed by atoms with Gasteiger partial charge in [-0.3, -0.25) is 0 Å². The van der Waals surface area contributed by atoms with Gasteiger partial charge in [0.2, 0.25) is 0 Å². The number of ether oxygens (including phenoxy) is 3. The minimum absolute atomic E-state index is 0.302. The van der Waals surface area contributed by atoms with Crippen LogP contribution in [0, 0.1) is 11.8 Å². The zero-order valence-electron chi connectivity index (χ0n) is 9.99. The molecule has 0 bridgehead atoms. The van der Waals surface area contributed by atoms with Crippen LogP contribution in [-0.2, 0) is 14.2 Å². The second-order valence-corrected chi connectivity index (χ2v) is 4.75. The lowest BCUT2D eigenvalue weighted by Crippen LogP contribution is -2.51. The monoisotopic (exact) mass is 214 g/mol. The van der Waals surface area contributed by atoms with E-state index in [1.165, 1.54) is 0 Å². The van der Waals surface area contributed by atoms with Gasteiger partial charge in [0, 0.05) is 18.9 Å². The standard InChI is InChI=1S/C12H22O3/c1-4-10-8-11(13-3)7-9(2)12(10)14-5-6-15-12/h9-11H,4-8H2,1-3H3. The van der Waals surface area contributed by atoms with Crippen molar-refractivity contribution in [2.45, 2.75) is 45.0 Å². The molecule has 0 N–H and O–H groups in total. The summed E-state index contributed by atoms with van der Waals surface area (Å²) in [7, 11) is 1.80. The molecule has 1 aliphatic carbocycles. The molecule has 0 aromatic rings. The Labute approximate surface area is 92.1 Å². The molecule has 2 fully saturated rings. The van der Waals surface area contributed by atoms with Gasteiger partial charge in [0.25, 0.3) is 0 Å². The lowest BCUT2D eigenvalue weighted by molar-refractivity contribution is -0.255. The smallest absolute Gasteiger partial charge is 0.173 e. The average Bonchev–Trinajstić information content (AvgIpc) is 2.72. The van der Waals surface area contributed by atoms with Crippen LogP contribution in [0.3, 0.4) is 0 Å². The first-order valence-corrected chi connectivity index (χ1v) is 6.03. The van der Waals surface area contributed by atoms with E-state index >= 15 is 0 Å². The summed E-state index contributed by atoms with van der Waals surface area (Å²) in [4.78, 5) is 0. The summed E-state index contributed by atoms with van der Waals surface area (Å²) in [6.45, 7) is 5.93. The molecule has 0 radical (unpaired) electrons. The molecule has 2 aliphatic rings. The topological polar surface area (TPSA) is 27.7 Å². The Hall–Kier alpha value is -0.120. The lowest BCUT2D eigenvalue weighted by Gasteiger charge is -2.46. The van der Waals surface area contributed by atoms with E-state index in [0.29, 0.717) is 17.9 Å². The number of hydrogen-bond donors (Lipinski definition) is 0. The predicted molar refractivity (Wildman–Crippen MR) is 57.6 cm³/mol. The van der Waals surface area contributed by atoms with E-state index in [-0.39, 0.29) is 5.79 Å². The van der Waals surface area contributed by atoms with Crippen LogP contribution in [0.4, 0.5) is 0 Å². The SMILES string of the molecule is CCC1CC(OC)CC(C)C12OCCO2. The van der Waals surface area contributed by atoms with Gasteiger partial charge in [-0.2, -0.15) is 0 Å². The molecule has 88 valence electrons. The van der Waals surface area contributed by atoms with Crippen molar-refractivity contribution in [1.82, 2.24) is 0 Å². The highest BCUT2D eigenvalue weighted by atomic mass is 16.7. The molecule has 3 nitrogen and oxygen atoms in total. The average molecular weight is 214 g/mol. The minimum Gasteiger partial charge on any atom is -0.381 e. The third kappa shape index (κ3) is 1.81. The maximum atomic E-state index is 5.91. The Morgan fingerprint density at radius 2 is 1.93 bits per heavy atom. The summed E-state index contributed by atoms with van der Waals surface area (Å²) in [6.07, 6.45) is 3.59. The Morgan fingerprint density at radius 3 is 2.47 bits per heavy atom. The highest BCUT2D eigenvalue weighted by molar-refractivity contribution is 4.94. The van der Waals surface area contributed by atoms with Crippen LogP contribution in [0.15, 0.2) is 0 Å². The first-order valence-electron chi connectivity index (χ1n) is 6.03. The fourth-order valence-electron chi connectivity index (χ4n) is 3.15. The van der Waals surface area contributed by atoms with Crippen molar-refractivity contribution >= 4 is 0 Å². The molecular weight excluding hydrogens is 192 g/mol. The molecule has 3 atom stereocenters. The van der Waals surface area contributed by atoms with Crippen LogP contribution in [0.2, 0.25) is 0 Å². The van der Waals surface area contributed by atoms with Gasteiger partial charge in [0.15, 0.2) is 5.79 Å². The molecule has 1 saturated heterocycles. The molecule has 0 aromatic heterocycles. The van der Waals surface area contributed by atoms with Gasteiger partial charge < -0.3 is 14.2 Å². The fourth-order valence-corrected chi connectivity index (χ4v) is 3.15.